The highest BCUT2D eigenvalue weighted by Gasteiger charge is 2.33. The summed E-state index contributed by atoms with van der Waals surface area (Å²) >= 11 is 0. The van der Waals surface area contributed by atoms with Gasteiger partial charge in [0.1, 0.15) is 0 Å². The van der Waals surface area contributed by atoms with Crippen LogP contribution in [0.15, 0.2) is 0 Å². The summed E-state index contributed by atoms with van der Waals surface area (Å²) in [6.07, 6.45) is 34.2. The third-order valence-electron chi connectivity index (χ3n) is 8.31. The fourth-order valence-corrected chi connectivity index (χ4v) is 6.02. The maximum atomic E-state index is 12.4. The first-order valence-electron chi connectivity index (χ1n) is 18.8. The van der Waals surface area contributed by atoms with Crippen molar-refractivity contribution in [2.45, 2.75) is 233 Å². The number of hydrogen-bond donors (Lipinski definition) is 1. The Balaban J connectivity index is 0. The minimum Gasteiger partial charge on any atom is -0.444 e. The van der Waals surface area contributed by atoms with Crippen LogP contribution in [0.5, 0.6) is 0 Å². The van der Waals surface area contributed by atoms with E-state index in [2.05, 4.69) is 19.2 Å². The molecule has 0 aliphatic carbocycles. The first-order chi connectivity index (χ1) is 20.6. The van der Waals surface area contributed by atoms with Gasteiger partial charge >= 0.3 is 11.9 Å². The molecule has 1 N–H and O–H groups in total. The van der Waals surface area contributed by atoms with Crippen LogP contribution in [0.2, 0.25) is 0 Å². The molecule has 0 aliphatic heterocycles. The first-order valence-corrected chi connectivity index (χ1v) is 18.8. The van der Waals surface area contributed by atoms with Crippen LogP contribution in [-0.2, 0) is 19.1 Å². The van der Waals surface area contributed by atoms with Gasteiger partial charge < -0.3 is 9.47 Å². The fourth-order valence-electron chi connectivity index (χ4n) is 6.02. The van der Waals surface area contributed by atoms with Gasteiger partial charge in [0, 0.05) is 12.8 Å². The highest BCUT2D eigenvalue weighted by atomic mass is 35.5. The van der Waals surface area contributed by atoms with Gasteiger partial charge in [0.15, 0.2) is 11.4 Å². The van der Waals surface area contributed by atoms with Crippen LogP contribution in [0, 0.1) is 0 Å². The molecular formula is C38H76ClNO4. The van der Waals surface area contributed by atoms with E-state index in [1.807, 2.05) is 27.7 Å². The van der Waals surface area contributed by atoms with Crippen LogP contribution < -0.4 is 5.32 Å². The molecule has 264 valence electrons. The van der Waals surface area contributed by atoms with Gasteiger partial charge in [-0.1, -0.05) is 168 Å². The number of esters is 2. The molecule has 0 aliphatic rings. The van der Waals surface area contributed by atoms with E-state index in [9.17, 15) is 9.59 Å². The lowest BCUT2D eigenvalue weighted by atomic mass is 10.0. The Morgan fingerprint density at radius 3 is 0.841 bits per heavy atom. The molecular weight excluding hydrogens is 570 g/mol. The largest absolute Gasteiger partial charge is 0.444 e. The van der Waals surface area contributed by atoms with Crippen molar-refractivity contribution in [3.05, 3.63) is 0 Å². The smallest absolute Gasteiger partial charge is 0.307 e. The van der Waals surface area contributed by atoms with Crippen LogP contribution in [0.3, 0.4) is 0 Å². The number of hydrogen-bond acceptors (Lipinski definition) is 5. The maximum absolute atomic E-state index is 12.4. The van der Waals surface area contributed by atoms with Gasteiger partial charge in [-0.25, -0.2) is 5.32 Å². The Kier molecular flexibility index (Phi) is 31.7. The van der Waals surface area contributed by atoms with E-state index in [1.54, 1.807) is 0 Å². The van der Waals surface area contributed by atoms with Crippen molar-refractivity contribution < 1.29 is 19.1 Å². The molecule has 0 aromatic carbocycles. The SMILES string of the molecule is CCCCCCCCCCCCCCCC(=O)OC(C)(C)NC(C)(C)OC(=O)CCCCCCCCCCCCCCC.Cl. The highest BCUT2D eigenvalue weighted by Crippen LogP contribution is 2.19. The summed E-state index contributed by atoms with van der Waals surface area (Å²) < 4.78 is 11.4. The maximum Gasteiger partial charge on any atom is 0.307 e. The molecule has 0 unspecified atom stereocenters. The Hall–Kier alpha value is -0.810. The van der Waals surface area contributed by atoms with E-state index in [-0.39, 0.29) is 24.3 Å². The van der Waals surface area contributed by atoms with Crippen molar-refractivity contribution >= 4 is 24.3 Å². The monoisotopic (exact) mass is 646 g/mol. The Bertz CT molecular complexity index is 599. The summed E-state index contributed by atoms with van der Waals surface area (Å²) in [5.41, 5.74) is -1.82. The molecule has 0 saturated carbocycles. The number of carbonyl (C=O) groups excluding carboxylic acids is 2. The molecule has 6 heteroatoms. The molecule has 0 atom stereocenters. The lowest BCUT2D eigenvalue weighted by molar-refractivity contribution is -0.178. The normalized spacial score (nSPS) is 11.8. The minimum atomic E-state index is -0.910. The molecule has 0 spiro atoms. The number of nitrogens with one attached hydrogen (secondary N) is 1. The zero-order valence-corrected chi connectivity index (χ0v) is 31.2. The van der Waals surface area contributed by atoms with Crippen molar-refractivity contribution in [2.75, 3.05) is 0 Å². The minimum absolute atomic E-state index is 0. The fraction of sp³-hybridized carbons (Fsp3) is 0.947. The van der Waals surface area contributed by atoms with Gasteiger partial charge in [-0.2, -0.15) is 0 Å². The van der Waals surface area contributed by atoms with E-state index < -0.39 is 11.4 Å². The van der Waals surface area contributed by atoms with Crippen LogP contribution >= 0.6 is 12.4 Å². The van der Waals surface area contributed by atoms with E-state index >= 15 is 0 Å². The number of unbranched alkanes of at least 4 members (excludes halogenated alkanes) is 24. The highest BCUT2D eigenvalue weighted by molar-refractivity contribution is 5.85. The molecule has 5 nitrogen and oxygen atoms in total. The molecule has 0 saturated heterocycles. The lowest BCUT2D eigenvalue weighted by Gasteiger charge is -2.36. The molecule has 44 heavy (non-hydrogen) atoms. The van der Waals surface area contributed by atoms with Crippen LogP contribution in [0.4, 0.5) is 0 Å². The second-order valence-corrected chi connectivity index (χ2v) is 14.1. The molecule has 0 amide bonds. The number of rotatable bonds is 32. The number of ether oxygens (including phenoxy) is 2. The number of halogens is 1. The van der Waals surface area contributed by atoms with Crippen molar-refractivity contribution in [1.82, 2.24) is 5.32 Å². The predicted molar refractivity (Wildman–Crippen MR) is 191 cm³/mol. The average Bonchev–Trinajstić information content (AvgIpc) is 2.92. The van der Waals surface area contributed by atoms with Gasteiger partial charge in [0.25, 0.3) is 0 Å². The van der Waals surface area contributed by atoms with Crippen molar-refractivity contribution in [1.29, 1.82) is 0 Å². The van der Waals surface area contributed by atoms with Crippen molar-refractivity contribution in [3.8, 4) is 0 Å². The number of carbonyl (C=O) groups is 2. The summed E-state index contributed by atoms with van der Waals surface area (Å²) in [5.74, 6) is -0.399. The topological polar surface area (TPSA) is 64.6 Å². The van der Waals surface area contributed by atoms with Crippen LogP contribution in [0.25, 0.3) is 0 Å². The Morgan fingerprint density at radius 2 is 0.614 bits per heavy atom. The second kappa shape index (κ2) is 30.8. The zero-order valence-electron chi connectivity index (χ0n) is 30.3. The molecule has 0 bridgehead atoms. The van der Waals surface area contributed by atoms with Gasteiger partial charge in [-0.05, 0) is 40.5 Å². The summed E-state index contributed by atoms with van der Waals surface area (Å²) in [7, 11) is 0. The molecule has 0 rings (SSSR count). The van der Waals surface area contributed by atoms with Gasteiger partial charge in [0.2, 0.25) is 0 Å². The summed E-state index contributed by atoms with van der Waals surface area (Å²) in [4.78, 5) is 24.9. The summed E-state index contributed by atoms with van der Waals surface area (Å²) in [6.45, 7) is 11.8. The molecule has 0 aromatic rings. The van der Waals surface area contributed by atoms with E-state index in [1.165, 1.54) is 141 Å². The third kappa shape index (κ3) is 32.6. The van der Waals surface area contributed by atoms with E-state index in [0.29, 0.717) is 12.8 Å². The van der Waals surface area contributed by atoms with Crippen molar-refractivity contribution in [3.63, 3.8) is 0 Å². The van der Waals surface area contributed by atoms with E-state index in [0.717, 1.165) is 25.7 Å². The van der Waals surface area contributed by atoms with Crippen LogP contribution in [-0.4, -0.2) is 23.4 Å². The van der Waals surface area contributed by atoms with Crippen molar-refractivity contribution in [2.24, 2.45) is 0 Å². The third-order valence-corrected chi connectivity index (χ3v) is 8.31. The first kappa shape index (κ1) is 45.3. The predicted octanol–water partition coefficient (Wildman–Crippen LogP) is 12.5. The molecule has 0 aromatic heterocycles. The molecule has 0 fully saturated rings. The molecule has 0 radical (unpaired) electrons. The zero-order chi connectivity index (χ0) is 32.1. The summed E-state index contributed by atoms with van der Waals surface area (Å²) in [6, 6.07) is 0. The lowest BCUT2D eigenvalue weighted by Crippen LogP contribution is -2.56. The van der Waals surface area contributed by atoms with Gasteiger partial charge in [0.05, 0.1) is 0 Å². The molecule has 0 heterocycles. The Labute approximate surface area is 280 Å². The van der Waals surface area contributed by atoms with Crippen LogP contribution in [0.1, 0.15) is 221 Å². The second-order valence-electron chi connectivity index (χ2n) is 14.1. The standard InChI is InChI=1S/C38H75NO4.ClH/c1-7-9-11-13-15-17-19-21-23-25-27-29-31-33-35(40)42-37(3,4)39-38(5,6)43-36(41)34-32-30-28-26-24-22-20-18-16-14-12-10-8-2;/h39H,7-34H2,1-6H3;1H. The quantitative estimate of drug-likeness (QED) is 0.0448. The Morgan fingerprint density at radius 1 is 0.409 bits per heavy atom. The van der Waals surface area contributed by atoms with E-state index in [4.69, 9.17) is 9.47 Å². The van der Waals surface area contributed by atoms with Gasteiger partial charge in [-0.15, -0.1) is 12.4 Å². The van der Waals surface area contributed by atoms with Gasteiger partial charge in [-0.3, -0.25) is 9.59 Å². The average molecular weight is 646 g/mol. The summed E-state index contributed by atoms with van der Waals surface area (Å²) in [5, 5.41) is 3.21.